The Balaban J connectivity index is 2.09. The molecule has 0 fully saturated rings. The van der Waals surface area contributed by atoms with Crippen molar-refractivity contribution in [1.29, 1.82) is 0 Å². The molecule has 0 N–H and O–H groups in total. The molecular formula is C25H20Br2O2. The maximum absolute atomic E-state index is 5.77. The van der Waals surface area contributed by atoms with Crippen molar-refractivity contribution in [3.63, 3.8) is 0 Å². The van der Waals surface area contributed by atoms with E-state index in [9.17, 15) is 0 Å². The number of hydrogen-bond donors (Lipinski definition) is 0. The Kier molecular flexibility index (Phi) is 5.93. The van der Waals surface area contributed by atoms with Gasteiger partial charge in [0.2, 0.25) is 0 Å². The van der Waals surface area contributed by atoms with Gasteiger partial charge in [-0.1, -0.05) is 74.3 Å². The average molecular weight is 512 g/mol. The van der Waals surface area contributed by atoms with Crippen molar-refractivity contribution in [3.05, 3.63) is 104 Å². The van der Waals surface area contributed by atoms with Gasteiger partial charge >= 0.3 is 0 Å². The number of fused-ring (bicyclic) bond motifs is 1. The Morgan fingerprint density at radius 1 is 0.621 bits per heavy atom. The minimum Gasteiger partial charge on any atom is -0.496 e. The second-order valence-electron chi connectivity index (χ2n) is 6.77. The summed E-state index contributed by atoms with van der Waals surface area (Å²) in [7, 11) is 3.43. The standard InChI is InChI=1S/C25H20Br2O2/c1-28-23-12-10-17(26)14-21(23)25(22-15-18(27)11-13-24(22)29-2)20-9-5-7-16-6-3-4-8-19(16)20/h3-15,25H,1-2H3. The molecule has 4 aromatic carbocycles. The summed E-state index contributed by atoms with van der Waals surface area (Å²) in [6, 6.07) is 27.2. The van der Waals surface area contributed by atoms with E-state index in [-0.39, 0.29) is 5.92 Å². The molecule has 0 saturated heterocycles. The largest absolute Gasteiger partial charge is 0.496 e. The second-order valence-corrected chi connectivity index (χ2v) is 8.61. The molecule has 2 nitrogen and oxygen atoms in total. The first-order valence-corrected chi connectivity index (χ1v) is 10.9. The third-order valence-electron chi connectivity index (χ3n) is 5.14. The quantitative estimate of drug-likeness (QED) is 0.257. The van der Waals surface area contributed by atoms with Crippen LogP contribution in [0.2, 0.25) is 0 Å². The van der Waals surface area contributed by atoms with Crippen molar-refractivity contribution >= 4 is 42.6 Å². The third-order valence-corrected chi connectivity index (χ3v) is 6.13. The third kappa shape index (κ3) is 3.92. The Morgan fingerprint density at radius 3 is 1.76 bits per heavy atom. The second kappa shape index (κ2) is 8.60. The average Bonchev–Trinajstić information content (AvgIpc) is 2.74. The molecule has 0 aliphatic carbocycles. The van der Waals surface area contributed by atoms with E-state index in [4.69, 9.17) is 9.47 Å². The highest BCUT2D eigenvalue weighted by Gasteiger charge is 2.26. The van der Waals surface area contributed by atoms with E-state index in [1.54, 1.807) is 14.2 Å². The summed E-state index contributed by atoms with van der Waals surface area (Å²) in [4.78, 5) is 0. The molecule has 0 saturated carbocycles. The highest BCUT2D eigenvalue weighted by Crippen LogP contribution is 2.44. The number of rotatable bonds is 5. The van der Waals surface area contributed by atoms with Crippen molar-refractivity contribution in [3.8, 4) is 11.5 Å². The summed E-state index contributed by atoms with van der Waals surface area (Å²) < 4.78 is 13.5. The summed E-state index contributed by atoms with van der Waals surface area (Å²) in [6.45, 7) is 0. The molecule has 0 radical (unpaired) electrons. The molecule has 146 valence electrons. The first-order valence-electron chi connectivity index (χ1n) is 9.27. The van der Waals surface area contributed by atoms with Gasteiger partial charge in [-0.15, -0.1) is 0 Å². The fourth-order valence-corrected chi connectivity index (χ4v) is 4.62. The van der Waals surface area contributed by atoms with Crippen molar-refractivity contribution < 1.29 is 9.47 Å². The molecule has 0 bridgehead atoms. The summed E-state index contributed by atoms with van der Waals surface area (Å²) in [5.74, 6) is 1.61. The Labute approximate surface area is 187 Å². The van der Waals surface area contributed by atoms with E-state index < -0.39 is 0 Å². The van der Waals surface area contributed by atoms with Gasteiger partial charge in [-0.25, -0.2) is 0 Å². The Hall–Kier alpha value is -2.30. The number of hydrogen-bond acceptors (Lipinski definition) is 2. The van der Waals surface area contributed by atoms with Gasteiger partial charge in [0.05, 0.1) is 14.2 Å². The van der Waals surface area contributed by atoms with Crippen molar-refractivity contribution in [2.24, 2.45) is 0 Å². The van der Waals surface area contributed by atoms with E-state index >= 15 is 0 Å². The monoisotopic (exact) mass is 510 g/mol. The normalized spacial score (nSPS) is 11.1. The van der Waals surface area contributed by atoms with Crippen LogP contribution in [0.15, 0.2) is 87.8 Å². The van der Waals surface area contributed by atoms with Crippen molar-refractivity contribution in [1.82, 2.24) is 0 Å². The summed E-state index contributed by atoms with van der Waals surface area (Å²) in [5.41, 5.74) is 3.36. The molecule has 0 heterocycles. The zero-order chi connectivity index (χ0) is 20.4. The molecule has 4 aromatic rings. The van der Waals surface area contributed by atoms with Crippen LogP contribution < -0.4 is 9.47 Å². The van der Waals surface area contributed by atoms with E-state index in [2.05, 4.69) is 86.5 Å². The minimum absolute atomic E-state index is 0.0685. The predicted octanol–water partition coefficient (Wildman–Crippen LogP) is 7.56. The van der Waals surface area contributed by atoms with Gasteiger partial charge in [0, 0.05) is 26.0 Å². The van der Waals surface area contributed by atoms with Crippen LogP contribution in [0.3, 0.4) is 0 Å². The molecule has 0 aliphatic heterocycles. The highest BCUT2D eigenvalue weighted by molar-refractivity contribution is 9.10. The molecule has 0 aliphatic rings. The highest BCUT2D eigenvalue weighted by atomic mass is 79.9. The molecule has 0 atom stereocenters. The predicted molar refractivity (Wildman–Crippen MR) is 126 cm³/mol. The SMILES string of the molecule is COc1ccc(Br)cc1C(c1cc(Br)ccc1OC)c1cccc2ccccc12. The van der Waals surface area contributed by atoms with Gasteiger partial charge in [0.1, 0.15) is 11.5 Å². The maximum Gasteiger partial charge on any atom is 0.123 e. The number of benzene rings is 4. The van der Waals surface area contributed by atoms with Crippen LogP contribution in [0.5, 0.6) is 11.5 Å². The molecule has 4 heteroatoms. The number of ether oxygens (including phenoxy) is 2. The zero-order valence-corrected chi connectivity index (χ0v) is 19.3. The molecular weight excluding hydrogens is 492 g/mol. The van der Waals surface area contributed by atoms with Gasteiger partial charge in [-0.3, -0.25) is 0 Å². The Bertz CT molecular complexity index is 1110. The number of methoxy groups -OCH3 is 2. The van der Waals surface area contributed by atoms with Gasteiger partial charge < -0.3 is 9.47 Å². The molecule has 4 rings (SSSR count). The summed E-state index contributed by atoms with van der Waals surface area (Å²) in [5, 5.41) is 2.42. The maximum atomic E-state index is 5.77. The zero-order valence-electron chi connectivity index (χ0n) is 16.2. The first-order chi connectivity index (χ1) is 14.1. The van der Waals surface area contributed by atoms with E-state index in [1.165, 1.54) is 16.3 Å². The van der Waals surface area contributed by atoms with Crippen LogP contribution in [-0.2, 0) is 0 Å². The van der Waals surface area contributed by atoms with Crippen molar-refractivity contribution in [2.45, 2.75) is 5.92 Å². The fraction of sp³-hybridized carbons (Fsp3) is 0.120. The summed E-state index contributed by atoms with van der Waals surface area (Å²) >= 11 is 7.29. The van der Waals surface area contributed by atoms with Crippen molar-refractivity contribution in [2.75, 3.05) is 14.2 Å². The fourth-order valence-electron chi connectivity index (χ4n) is 3.87. The van der Waals surface area contributed by atoms with Gasteiger partial charge in [-0.2, -0.15) is 0 Å². The molecule has 0 spiro atoms. The lowest BCUT2D eigenvalue weighted by atomic mass is 9.82. The van der Waals surface area contributed by atoms with Crippen LogP contribution in [0.4, 0.5) is 0 Å². The van der Waals surface area contributed by atoms with Gasteiger partial charge in [-0.05, 0) is 52.7 Å². The summed E-state index contributed by atoms with van der Waals surface area (Å²) in [6.07, 6.45) is 0. The van der Waals surface area contributed by atoms with E-state index in [0.29, 0.717) is 0 Å². The molecule has 0 aromatic heterocycles. The lowest BCUT2D eigenvalue weighted by molar-refractivity contribution is 0.402. The van der Waals surface area contributed by atoms with Gasteiger partial charge in [0.15, 0.2) is 0 Å². The minimum atomic E-state index is -0.0685. The van der Waals surface area contributed by atoms with E-state index in [0.717, 1.165) is 31.6 Å². The molecule has 0 unspecified atom stereocenters. The van der Waals surface area contributed by atoms with Gasteiger partial charge in [0.25, 0.3) is 0 Å². The van der Waals surface area contributed by atoms with Crippen LogP contribution in [-0.4, -0.2) is 14.2 Å². The first kappa shape index (κ1) is 20.0. The van der Waals surface area contributed by atoms with Crippen LogP contribution in [0.25, 0.3) is 10.8 Å². The van der Waals surface area contributed by atoms with Crippen LogP contribution in [0, 0.1) is 0 Å². The molecule has 0 amide bonds. The van der Waals surface area contributed by atoms with Crippen LogP contribution in [0.1, 0.15) is 22.6 Å². The lowest BCUT2D eigenvalue weighted by Crippen LogP contribution is -2.08. The van der Waals surface area contributed by atoms with E-state index in [1.807, 2.05) is 24.3 Å². The number of halogens is 2. The molecule has 29 heavy (non-hydrogen) atoms. The van der Waals surface area contributed by atoms with Crippen LogP contribution >= 0.6 is 31.9 Å². The lowest BCUT2D eigenvalue weighted by Gasteiger charge is -2.25. The smallest absolute Gasteiger partial charge is 0.123 e. The Morgan fingerprint density at radius 2 is 1.17 bits per heavy atom. The topological polar surface area (TPSA) is 18.5 Å².